The zero-order chi connectivity index (χ0) is 20.5. The van der Waals surface area contributed by atoms with Crippen LogP contribution in [0.2, 0.25) is 0 Å². The standard InChI is InChI=1S/C22H22N6O2/c1-14-13-30-10-9-28(14)19-11-17(15-3-4-20(29-2)24-12-15)16-5-7-23-22(21(16)26-19)18-6-8-25-27-18/h3-8,11-12,14H,9-10,13H2,1-2H3,(H,25,27). The molecule has 0 amide bonds. The summed E-state index contributed by atoms with van der Waals surface area (Å²) in [6, 6.07) is 10.2. The van der Waals surface area contributed by atoms with Crippen LogP contribution in [0.25, 0.3) is 33.4 Å². The number of hydrogen-bond acceptors (Lipinski definition) is 7. The van der Waals surface area contributed by atoms with Gasteiger partial charge in [0.05, 0.1) is 32.1 Å². The van der Waals surface area contributed by atoms with E-state index in [1.165, 1.54) is 0 Å². The van der Waals surface area contributed by atoms with Crippen molar-refractivity contribution in [3.63, 3.8) is 0 Å². The molecule has 1 N–H and O–H groups in total. The van der Waals surface area contributed by atoms with Gasteiger partial charge in [-0.2, -0.15) is 5.10 Å². The first kappa shape index (κ1) is 18.5. The summed E-state index contributed by atoms with van der Waals surface area (Å²) in [4.78, 5) is 16.3. The number of aromatic nitrogens is 5. The number of pyridine rings is 3. The van der Waals surface area contributed by atoms with Gasteiger partial charge >= 0.3 is 0 Å². The topological polar surface area (TPSA) is 89.0 Å². The molecule has 1 unspecified atom stereocenters. The minimum Gasteiger partial charge on any atom is -0.481 e. The SMILES string of the molecule is COc1ccc(-c2cc(N3CCOCC3C)nc3c(-c4ccn[nH]4)nccc23)cn1. The molecule has 8 heteroatoms. The number of H-pyrrole nitrogens is 1. The lowest BCUT2D eigenvalue weighted by Crippen LogP contribution is -2.44. The first-order chi connectivity index (χ1) is 14.7. The van der Waals surface area contributed by atoms with Crippen LogP contribution in [-0.4, -0.2) is 58.1 Å². The van der Waals surface area contributed by atoms with Crippen molar-refractivity contribution in [2.45, 2.75) is 13.0 Å². The molecule has 30 heavy (non-hydrogen) atoms. The Morgan fingerprint density at radius 3 is 2.83 bits per heavy atom. The predicted octanol–water partition coefficient (Wildman–Crippen LogP) is 3.32. The van der Waals surface area contributed by atoms with Crippen molar-refractivity contribution in [1.82, 2.24) is 25.1 Å². The van der Waals surface area contributed by atoms with E-state index < -0.39 is 0 Å². The number of fused-ring (bicyclic) bond motifs is 1. The van der Waals surface area contributed by atoms with Crippen LogP contribution in [0.5, 0.6) is 5.88 Å². The largest absolute Gasteiger partial charge is 0.481 e. The summed E-state index contributed by atoms with van der Waals surface area (Å²) in [7, 11) is 1.62. The normalized spacial score (nSPS) is 16.7. The molecule has 0 spiro atoms. The van der Waals surface area contributed by atoms with Crippen LogP contribution in [0.1, 0.15) is 6.92 Å². The van der Waals surface area contributed by atoms with Crippen LogP contribution in [0, 0.1) is 0 Å². The summed E-state index contributed by atoms with van der Waals surface area (Å²) in [5, 5.41) is 8.10. The number of hydrogen-bond donors (Lipinski definition) is 1. The van der Waals surface area contributed by atoms with E-state index in [1.54, 1.807) is 19.5 Å². The van der Waals surface area contributed by atoms with Crippen molar-refractivity contribution in [3.8, 4) is 28.4 Å². The van der Waals surface area contributed by atoms with E-state index in [4.69, 9.17) is 14.5 Å². The quantitative estimate of drug-likeness (QED) is 0.560. The van der Waals surface area contributed by atoms with Crippen LogP contribution < -0.4 is 9.64 Å². The predicted molar refractivity (Wildman–Crippen MR) is 115 cm³/mol. The van der Waals surface area contributed by atoms with Crippen molar-refractivity contribution in [2.24, 2.45) is 0 Å². The van der Waals surface area contributed by atoms with Gasteiger partial charge in [-0.15, -0.1) is 0 Å². The monoisotopic (exact) mass is 402 g/mol. The lowest BCUT2D eigenvalue weighted by molar-refractivity contribution is 0.0986. The third-order valence-corrected chi connectivity index (χ3v) is 5.39. The van der Waals surface area contributed by atoms with Gasteiger partial charge in [-0.05, 0) is 36.8 Å². The summed E-state index contributed by atoms with van der Waals surface area (Å²) in [5.41, 5.74) is 4.47. The van der Waals surface area contributed by atoms with Crippen LogP contribution in [0.4, 0.5) is 5.82 Å². The Labute approximate surface area is 173 Å². The molecule has 1 aliphatic heterocycles. The summed E-state index contributed by atoms with van der Waals surface area (Å²) in [5.74, 6) is 1.48. The fourth-order valence-corrected chi connectivity index (χ4v) is 3.84. The van der Waals surface area contributed by atoms with E-state index in [1.807, 2.05) is 30.5 Å². The zero-order valence-corrected chi connectivity index (χ0v) is 16.9. The van der Waals surface area contributed by atoms with E-state index in [9.17, 15) is 0 Å². The Morgan fingerprint density at radius 1 is 1.17 bits per heavy atom. The van der Waals surface area contributed by atoms with Gasteiger partial charge in [0.15, 0.2) is 0 Å². The molecule has 0 aromatic carbocycles. The van der Waals surface area contributed by atoms with Gasteiger partial charge in [0.25, 0.3) is 0 Å². The van der Waals surface area contributed by atoms with Crippen LogP contribution in [-0.2, 0) is 4.74 Å². The number of nitrogens with one attached hydrogen (secondary N) is 1. The van der Waals surface area contributed by atoms with Crippen molar-refractivity contribution in [2.75, 3.05) is 31.8 Å². The second kappa shape index (κ2) is 7.72. The fourth-order valence-electron chi connectivity index (χ4n) is 3.84. The Hall–Kier alpha value is -3.52. The number of ether oxygens (including phenoxy) is 2. The lowest BCUT2D eigenvalue weighted by Gasteiger charge is -2.34. The number of nitrogens with zero attached hydrogens (tertiary/aromatic N) is 5. The molecule has 1 saturated heterocycles. The number of methoxy groups -OCH3 is 1. The molecule has 1 aliphatic rings. The van der Waals surface area contributed by atoms with Gasteiger partial charge in [0.1, 0.15) is 17.0 Å². The van der Waals surface area contributed by atoms with Crippen LogP contribution >= 0.6 is 0 Å². The van der Waals surface area contributed by atoms with Crippen molar-refractivity contribution >= 4 is 16.7 Å². The smallest absolute Gasteiger partial charge is 0.212 e. The molecular weight excluding hydrogens is 380 g/mol. The molecule has 0 radical (unpaired) electrons. The zero-order valence-electron chi connectivity index (χ0n) is 16.9. The maximum absolute atomic E-state index is 5.63. The summed E-state index contributed by atoms with van der Waals surface area (Å²) in [6.45, 7) is 4.31. The highest BCUT2D eigenvalue weighted by Gasteiger charge is 2.23. The summed E-state index contributed by atoms with van der Waals surface area (Å²) in [6.07, 6.45) is 5.35. The van der Waals surface area contributed by atoms with Crippen LogP contribution in [0.15, 0.2) is 48.9 Å². The van der Waals surface area contributed by atoms with Gasteiger partial charge in [0, 0.05) is 42.2 Å². The van der Waals surface area contributed by atoms with Gasteiger partial charge < -0.3 is 14.4 Å². The van der Waals surface area contributed by atoms with Crippen molar-refractivity contribution < 1.29 is 9.47 Å². The summed E-state index contributed by atoms with van der Waals surface area (Å²) < 4.78 is 10.9. The second-order valence-corrected chi connectivity index (χ2v) is 7.26. The van der Waals surface area contributed by atoms with Crippen LogP contribution in [0.3, 0.4) is 0 Å². The molecular formula is C22H22N6O2. The molecule has 1 fully saturated rings. The van der Waals surface area contributed by atoms with E-state index in [-0.39, 0.29) is 6.04 Å². The maximum Gasteiger partial charge on any atom is 0.212 e. The molecule has 5 rings (SSSR count). The number of aromatic amines is 1. The highest BCUT2D eigenvalue weighted by atomic mass is 16.5. The van der Waals surface area contributed by atoms with Crippen molar-refractivity contribution in [1.29, 1.82) is 0 Å². The van der Waals surface area contributed by atoms with E-state index in [0.717, 1.165) is 45.8 Å². The highest BCUT2D eigenvalue weighted by molar-refractivity contribution is 6.01. The van der Waals surface area contributed by atoms with Gasteiger partial charge in [-0.1, -0.05) is 0 Å². The number of anilines is 1. The Kier molecular flexibility index (Phi) is 4.76. The van der Waals surface area contributed by atoms with Crippen molar-refractivity contribution in [3.05, 3.63) is 48.9 Å². The lowest BCUT2D eigenvalue weighted by atomic mass is 10.0. The molecule has 0 saturated carbocycles. The third kappa shape index (κ3) is 3.25. The maximum atomic E-state index is 5.63. The number of rotatable bonds is 4. The van der Waals surface area contributed by atoms with Gasteiger partial charge in [0.2, 0.25) is 5.88 Å². The molecule has 152 valence electrons. The minimum absolute atomic E-state index is 0.234. The minimum atomic E-state index is 0.234. The van der Waals surface area contributed by atoms with E-state index in [0.29, 0.717) is 19.1 Å². The molecule has 1 atom stereocenters. The molecule has 0 bridgehead atoms. The first-order valence-electron chi connectivity index (χ1n) is 9.89. The Balaban J connectivity index is 1.75. The summed E-state index contributed by atoms with van der Waals surface area (Å²) >= 11 is 0. The van der Waals surface area contributed by atoms with E-state index >= 15 is 0 Å². The highest BCUT2D eigenvalue weighted by Crippen LogP contribution is 2.35. The van der Waals surface area contributed by atoms with Gasteiger partial charge in [-0.25, -0.2) is 9.97 Å². The molecule has 8 nitrogen and oxygen atoms in total. The van der Waals surface area contributed by atoms with Gasteiger partial charge in [-0.3, -0.25) is 10.1 Å². The molecule has 4 aromatic heterocycles. The molecule has 0 aliphatic carbocycles. The average molecular weight is 402 g/mol. The molecule has 5 heterocycles. The average Bonchev–Trinajstić information content (AvgIpc) is 3.33. The second-order valence-electron chi connectivity index (χ2n) is 7.26. The Morgan fingerprint density at radius 2 is 2.10 bits per heavy atom. The first-order valence-corrected chi connectivity index (χ1v) is 9.89. The van der Waals surface area contributed by atoms with E-state index in [2.05, 4.69) is 38.1 Å². The Bertz CT molecular complexity index is 1160. The third-order valence-electron chi connectivity index (χ3n) is 5.39. The molecule has 4 aromatic rings. The fraction of sp³-hybridized carbons (Fsp3) is 0.273. The number of morpholine rings is 1.